The van der Waals surface area contributed by atoms with Gasteiger partial charge in [0.2, 0.25) is 5.75 Å². The summed E-state index contributed by atoms with van der Waals surface area (Å²) in [6, 6.07) is 8.35. The van der Waals surface area contributed by atoms with Gasteiger partial charge in [0.1, 0.15) is 5.69 Å². The maximum atomic E-state index is 13.7. The molecule has 104 valence electrons. The van der Waals surface area contributed by atoms with E-state index < -0.39 is 16.4 Å². The maximum Gasteiger partial charge on any atom is 0.335 e. The number of hydrogen-bond acceptors (Lipinski definition) is 5. The van der Waals surface area contributed by atoms with E-state index in [2.05, 4.69) is 5.43 Å². The lowest BCUT2D eigenvalue weighted by Gasteiger charge is -2.10. The van der Waals surface area contributed by atoms with Crippen LogP contribution in [0.2, 0.25) is 5.02 Å². The van der Waals surface area contributed by atoms with Gasteiger partial charge in [-0.15, -0.1) is 0 Å². The number of hydrazine groups is 1. The molecule has 3 N–H and O–H groups in total. The molecule has 0 aliphatic rings. The highest BCUT2D eigenvalue weighted by atomic mass is 35.5. The van der Waals surface area contributed by atoms with Crippen LogP contribution in [0.15, 0.2) is 36.4 Å². The number of nitrogens with two attached hydrogens (primary N) is 1. The smallest absolute Gasteiger partial charge is 0.335 e. The highest BCUT2D eigenvalue weighted by Crippen LogP contribution is 2.38. The fraction of sp³-hybridized carbons (Fsp3) is 0. The van der Waals surface area contributed by atoms with Crippen molar-refractivity contribution in [3.63, 3.8) is 0 Å². The standard InChI is InChI=1S/C12H9ClFN3O3/c13-7-3-1-5-9(11(7)14)20-10-6-2-4-8(16-15)12(10)17(18)19/h1-6,16H,15H2. The van der Waals surface area contributed by atoms with E-state index in [1.165, 1.54) is 36.4 Å². The summed E-state index contributed by atoms with van der Waals surface area (Å²) in [4.78, 5) is 10.4. The molecule has 0 aromatic heterocycles. The summed E-state index contributed by atoms with van der Waals surface area (Å²) in [5.41, 5.74) is 1.84. The van der Waals surface area contributed by atoms with E-state index >= 15 is 0 Å². The van der Waals surface area contributed by atoms with E-state index in [-0.39, 0.29) is 22.2 Å². The van der Waals surface area contributed by atoms with Crippen molar-refractivity contribution in [2.45, 2.75) is 0 Å². The first-order valence-electron chi connectivity index (χ1n) is 5.40. The van der Waals surface area contributed by atoms with Gasteiger partial charge in [0.25, 0.3) is 0 Å². The van der Waals surface area contributed by atoms with E-state index in [9.17, 15) is 14.5 Å². The molecule has 2 aromatic rings. The van der Waals surface area contributed by atoms with Crippen molar-refractivity contribution in [3.05, 3.63) is 57.4 Å². The molecule has 0 saturated heterocycles. The molecular weight excluding hydrogens is 289 g/mol. The first kappa shape index (κ1) is 14.0. The van der Waals surface area contributed by atoms with Gasteiger partial charge >= 0.3 is 5.69 Å². The van der Waals surface area contributed by atoms with Crippen molar-refractivity contribution in [3.8, 4) is 11.5 Å². The van der Waals surface area contributed by atoms with Crippen LogP contribution in [0.1, 0.15) is 0 Å². The Morgan fingerprint density at radius 3 is 2.55 bits per heavy atom. The molecule has 20 heavy (non-hydrogen) atoms. The highest BCUT2D eigenvalue weighted by molar-refractivity contribution is 6.30. The number of ether oxygens (including phenoxy) is 1. The van der Waals surface area contributed by atoms with E-state index in [1.807, 2.05) is 0 Å². The van der Waals surface area contributed by atoms with Gasteiger partial charge in [0.05, 0.1) is 9.95 Å². The third kappa shape index (κ3) is 2.63. The number of nitro benzene ring substituents is 1. The minimum absolute atomic E-state index is 0.0509. The molecule has 8 heteroatoms. The first-order chi connectivity index (χ1) is 9.54. The summed E-state index contributed by atoms with van der Waals surface area (Å²) in [7, 11) is 0. The topological polar surface area (TPSA) is 90.4 Å². The number of rotatable bonds is 4. The second-order valence-corrected chi connectivity index (χ2v) is 4.11. The summed E-state index contributed by atoms with van der Waals surface area (Å²) < 4.78 is 19.0. The number of benzene rings is 2. The molecule has 0 bridgehead atoms. The van der Waals surface area contributed by atoms with Crippen LogP contribution in [0.3, 0.4) is 0 Å². The van der Waals surface area contributed by atoms with Crippen molar-refractivity contribution in [2.75, 3.05) is 5.43 Å². The number of anilines is 1. The summed E-state index contributed by atoms with van der Waals surface area (Å²) in [5.74, 6) is 4.04. The summed E-state index contributed by atoms with van der Waals surface area (Å²) >= 11 is 5.62. The highest BCUT2D eigenvalue weighted by Gasteiger charge is 2.22. The molecule has 0 radical (unpaired) electrons. The maximum absolute atomic E-state index is 13.7. The monoisotopic (exact) mass is 297 g/mol. The Balaban J connectivity index is 2.48. The summed E-state index contributed by atoms with van der Waals surface area (Å²) in [6.45, 7) is 0. The third-order valence-corrected chi connectivity index (χ3v) is 2.77. The third-order valence-electron chi connectivity index (χ3n) is 2.47. The number of para-hydroxylation sites is 1. The molecule has 0 heterocycles. The van der Waals surface area contributed by atoms with Crippen molar-refractivity contribution >= 4 is 23.0 Å². The molecule has 0 saturated carbocycles. The Hall–Kier alpha value is -2.38. The number of nitrogens with one attached hydrogen (secondary N) is 1. The van der Waals surface area contributed by atoms with Gasteiger partial charge in [-0.25, -0.2) is 4.39 Å². The van der Waals surface area contributed by atoms with Crippen molar-refractivity contribution in [1.29, 1.82) is 0 Å². The van der Waals surface area contributed by atoms with Crippen LogP contribution < -0.4 is 16.0 Å². The van der Waals surface area contributed by atoms with Crippen LogP contribution in [0.25, 0.3) is 0 Å². The van der Waals surface area contributed by atoms with Gasteiger partial charge in [-0.3, -0.25) is 16.0 Å². The predicted octanol–water partition coefficient (Wildman–Crippen LogP) is 3.47. The minimum atomic E-state index is -0.797. The lowest BCUT2D eigenvalue weighted by atomic mass is 10.2. The lowest BCUT2D eigenvalue weighted by molar-refractivity contribution is -0.384. The Kier molecular flexibility index (Phi) is 4.02. The molecule has 0 atom stereocenters. The van der Waals surface area contributed by atoms with Crippen LogP contribution in [-0.2, 0) is 0 Å². The molecule has 0 amide bonds. The number of hydrogen-bond donors (Lipinski definition) is 2. The van der Waals surface area contributed by atoms with Crippen LogP contribution in [0, 0.1) is 15.9 Å². The van der Waals surface area contributed by atoms with Crippen LogP contribution in [0.4, 0.5) is 15.8 Å². The van der Waals surface area contributed by atoms with Crippen LogP contribution in [0.5, 0.6) is 11.5 Å². The molecule has 2 rings (SSSR count). The summed E-state index contributed by atoms with van der Waals surface area (Å²) in [5, 5.41) is 10.9. The van der Waals surface area contributed by atoms with E-state index in [0.29, 0.717) is 0 Å². The first-order valence-corrected chi connectivity index (χ1v) is 5.78. The molecular formula is C12H9ClFN3O3. The van der Waals surface area contributed by atoms with Crippen LogP contribution >= 0.6 is 11.6 Å². The molecule has 0 aliphatic carbocycles. The molecule has 0 spiro atoms. The average molecular weight is 298 g/mol. The summed E-state index contributed by atoms with van der Waals surface area (Å²) in [6.07, 6.45) is 0. The largest absolute Gasteiger partial charge is 0.447 e. The predicted molar refractivity (Wildman–Crippen MR) is 72.4 cm³/mol. The Bertz CT molecular complexity index is 666. The molecule has 0 aliphatic heterocycles. The van der Waals surface area contributed by atoms with Crippen molar-refractivity contribution < 1.29 is 14.1 Å². The van der Waals surface area contributed by atoms with Gasteiger partial charge in [-0.1, -0.05) is 23.7 Å². The molecule has 2 aromatic carbocycles. The molecule has 0 unspecified atom stereocenters. The van der Waals surface area contributed by atoms with Gasteiger partial charge < -0.3 is 10.2 Å². The number of nitrogens with zero attached hydrogens (tertiary/aromatic N) is 1. The van der Waals surface area contributed by atoms with Gasteiger partial charge in [0.15, 0.2) is 11.6 Å². The zero-order valence-electron chi connectivity index (χ0n) is 9.97. The van der Waals surface area contributed by atoms with Gasteiger partial charge in [0, 0.05) is 0 Å². The van der Waals surface area contributed by atoms with E-state index in [4.69, 9.17) is 22.2 Å². The number of halogens is 2. The minimum Gasteiger partial charge on any atom is -0.447 e. The Morgan fingerprint density at radius 1 is 1.25 bits per heavy atom. The van der Waals surface area contributed by atoms with Crippen LogP contribution in [-0.4, -0.2) is 4.92 Å². The van der Waals surface area contributed by atoms with Gasteiger partial charge in [-0.2, -0.15) is 0 Å². The fourth-order valence-electron chi connectivity index (χ4n) is 1.59. The van der Waals surface area contributed by atoms with E-state index in [1.54, 1.807) is 0 Å². The van der Waals surface area contributed by atoms with Crippen molar-refractivity contribution in [2.24, 2.45) is 5.84 Å². The quantitative estimate of drug-likeness (QED) is 0.512. The normalized spacial score (nSPS) is 10.2. The lowest BCUT2D eigenvalue weighted by Crippen LogP contribution is -2.09. The molecule has 6 nitrogen and oxygen atoms in total. The Labute approximate surface area is 118 Å². The zero-order valence-corrected chi connectivity index (χ0v) is 10.7. The number of nitrogen functional groups attached to an aromatic ring is 1. The molecule has 0 fully saturated rings. The average Bonchev–Trinajstić information content (AvgIpc) is 2.43. The zero-order chi connectivity index (χ0) is 14.7. The fourth-order valence-corrected chi connectivity index (χ4v) is 1.76. The Morgan fingerprint density at radius 2 is 1.90 bits per heavy atom. The second-order valence-electron chi connectivity index (χ2n) is 3.71. The van der Waals surface area contributed by atoms with Crippen molar-refractivity contribution in [1.82, 2.24) is 0 Å². The van der Waals surface area contributed by atoms with Gasteiger partial charge in [-0.05, 0) is 24.3 Å². The second kappa shape index (κ2) is 5.72. The number of nitro groups is 1. The van der Waals surface area contributed by atoms with E-state index in [0.717, 1.165) is 0 Å². The SMILES string of the molecule is NNc1cccc(Oc2cccc(Cl)c2F)c1[N+](=O)[O-].